The molecule has 0 saturated heterocycles. The van der Waals surface area contributed by atoms with Crippen LogP contribution in [0.1, 0.15) is 36.6 Å². The molecule has 2 nitrogen and oxygen atoms in total. The third kappa shape index (κ3) is 1.73. The number of aryl methyl sites for hydroxylation is 1. The molecule has 1 saturated carbocycles. The predicted molar refractivity (Wildman–Crippen MR) is 51.3 cm³/mol. The van der Waals surface area contributed by atoms with Gasteiger partial charge >= 0.3 is 0 Å². The standard InChI is InChI=1S/C11H15NO/c1-8-5-6-10(7-12-8)11(13)9-3-2-4-9/h5-7,9,11,13H,2-4H2,1H3. The highest BCUT2D eigenvalue weighted by atomic mass is 16.3. The number of nitrogens with zero attached hydrogens (tertiary/aromatic N) is 1. The van der Waals surface area contributed by atoms with E-state index in [1.54, 1.807) is 6.20 Å². The summed E-state index contributed by atoms with van der Waals surface area (Å²) in [6.07, 6.45) is 5.09. The van der Waals surface area contributed by atoms with E-state index in [4.69, 9.17) is 0 Å². The number of rotatable bonds is 2. The molecule has 1 unspecified atom stereocenters. The smallest absolute Gasteiger partial charge is 0.0833 e. The van der Waals surface area contributed by atoms with Crippen molar-refractivity contribution in [1.29, 1.82) is 0 Å². The SMILES string of the molecule is Cc1ccc(C(O)C2CCC2)cn1. The second-order valence-electron chi connectivity index (χ2n) is 3.87. The average Bonchev–Trinajstić information content (AvgIpc) is 2.02. The highest BCUT2D eigenvalue weighted by molar-refractivity contribution is 5.16. The molecule has 0 aliphatic heterocycles. The van der Waals surface area contributed by atoms with Crippen LogP contribution in [0.5, 0.6) is 0 Å². The minimum Gasteiger partial charge on any atom is -0.388 e. The first-order valence-electron chi connectivity index (χ1n) is 4.88. The molecule has 2 rings (SSSR count). The van der Waals surface area contributed by atoms with E-state index in [9.17, 15) is 5.11 Å². The van der Waals surface area contributed by atoms with Crippen LogP contribution in [-0.4, -0.2) is 10.1 Å². The second kappa shape index (κ2) is 3.46. The number of pyridine rings is 1. The molecule has 1 fully saturated rings. The van der Waals surface area contributed by atoms with Crippen molar-refractivity contribution in [2.45, 2.75) is 32.3 Å². The van der Waals surface area contributed by atoms with Crippen LogP contribution in [-0.2, 0) is 0 Å². The highest BCUT2D eigenvalue weighted by Crippen LogP contribution is 2.37. The number of aromatic nitrogens is 1. The van der Waals surface area contributed by atoms with Gasteiger partial charge in [-0.2, -0.15) is 0 Å². The van der Waals surface area contributed by atoms with Gasteiger partial charge in [0.05, 0.1) is 6.10 Å². The van der Waals surface area contributed by atoms with Crippen molar-refractivity contribution in [3.05, 3.63) is 29.6 Å². The molecule has 0 radical (unpaired) electrons. The zero-order valence-corrected chi connectivity index (χ0v) is 7.90. The van der Waals surface area contributed by atoms with Crippen molar-refractivity contribution in [2.75, 3.05) is 0 Å². The van der Waals surface area contributed by atoms with E-state index in [2.05, 4.69) is 4.98 Å². The van der Waals surface area contributed by atoms with Gasteiger partial charge in [0.1, 0.15) is 0 Å². The summed E-state index contributed by atoms with van der Waals surface area (Å²) in [7, 11) is 0. The number of hydrogen-bond acceptors (Lipinski definition) is 2. The number of aliphatic hydroxyl groups is 1. The molecule has 1 aliphatic rings. The maximum atomic E-state index is 9.89. The van der Waals surface area contributed by atoms with Crippen LogP contribution in [0, 0.1) is 12.8 Å². The van der Waals surface area contributed by atoms with Crippen LogP contribution < -0.4 is 0 Å². The van der Waals surface area contributed by atoms with Crippen LogP contribution >= 0.6 is 0 Å². The van der Waals surface area contributed by atoms with Crippen LogP contribution in [0.25, 0.3) is 0 Å². The van der Waals surface area contributed by atoms with Crippen LogP contribution in [0.3, 0.4) is 0 Å². The van der Waals surface area contributed by atoms with Gasteiger partial charge in [-0.25, -0.2) is 0 Å². The van der Waals surface area contributed by atoms with E-state index >= 15 is 0 Å². The van der Waals surface area contributed by atoms with E-state index in [0.29, 0.717) is 5.92 Å². The molecular weight excluding hydrogens is 162 g/mol. The maximum Gasteiger partial charge on any atom is 0.0833 e. The molecule has 0 amide bonds. The summed E-state index contributed by atoms with van der Waals surface area (Å²) in [6, 6.07) is 3.93. The Morgan fingerprint density at radius 2 is 2.23 bits per heavy atom. The van der Waals surface area contributed by atoms with E-state index < -0.39 is 0 Å². The lowest BCUT2D eigenvalue weighted by Gasteiger charge is -2.30. The summed E-state index contributed by atoms with van der Waals surface area (Å²) in [5, 5.41) is 9.89. The van der Waals surface area contributed by atoms with E-state index in [-0.39, 0.29) is 6.10 Å². The van der Waals surface area contributed by atoms with Crippen molar-refractivity contribution in [1.82, 2.24) is 4.98 Å². The first-order valence-corrected chi connectivity index (χ1v) is 4.88. The predicted octanol–water partition coefficient (Wildman–Crippen LogP) is 2.22. The summed E-state index contributed by atoms with van der Waals surface area (Å²) in [5.74, 6) is 0.476. The summed E-state index contributed by atoms with van der Waals surface area (Å²) < 4.78 is 0. The minimum atomic E-state index is -0.290. The molecule has 1 heterocycles. The molecule has 2 heteroatoms. The summed E-state index contributed by atoms with van der Waals surface area (Å²) >= 11 is 0. The normalized spacial score (nSPS) is 19.5. The monoisotopic (exact) mass is 177 g/mol. The molecule has 1 N–H and O–H groups in total. The largest absolute Gasteiger partial charge is 0.388 e. The van der Waals surface area contributed by atoms with Crippen LogP contribution in [0.2, 0.25) is 0 Å². The quantitative estimate of drug-likeness (QED) is 0.751. The molecular formula is C11H15NO. The molecule has 70 valence electrons. The average molecular weight is 177 g/mol. The zero-order chi connectivity index (χ0) is 9.26. The molecule has 1 aromatic heterocycles. The lowest BCUT2D eigenvalue weighted by atomic mass is 9.79. The first-order chi connectivity index (χ1) is 6.27. The number of hydrogen-bond donors (Lipinski definition) is 1. The Morgan fingerprint density at radius 3 is 2.69 bits per heavy atom. The molecule has 0 bridgehead atoms. The first kappa shape index (κ1) is 8.70. The molecule has 1 aromatic rings. The zero-order valence-electron chi connectivity index (χ0n) is 7.90. The second-order valence-corrected chi connectivity index (χ2v) is 3.87. The Kier molecular flexibility index (Phi) is 2.32. The van der Waals surface area contributed by atoms with Crippen molar-refractivity contribution in [3.8, 4) is 0 Å². The minimum absolute atomic E-state index is 0.290. The van der Waals surface area contributed by atoms with Crippen molar-refractivity contribution in [2.24, 2.45) is 5.92 Å². The summed E-state index contributed by atoms with van der Waals surface area (Å²) in [5.41, 5.74) is 1.97. The van der Waals surface area contributed by atoms with Crippen molar-refractivity contribution < 1.29 is 5.11 Å². The highest BCUT2D eigenvalue weighted by Gasteiger charge is 2.26. The van der Waals surface area contributed by atoms with Gasteiger partial charge in [-0.05, 0) is 37.3 Å². The fourth-order valence-electron chi connectivity index (χ4n) is 1.68. The fourth-order valence-corrected chi connectivity index (χ4v) is 1.68. The van der Waals surface area contributed by atoms with Crippen LogP contribution in [0.15, 0.2) is 18.3 Å². The van der Waals surface area contributed by atoms with Gasteiger partial charge in [0.25, 0.3) is 0 Å². The Labute approximate surface area is 78.6 Å². The Morgan fingerprint density at radius 1 is 1.46 bits per heavy atom. The number of aliphatic hydroxyl groups excluding tert-OH is 1. The summed E-state index contributed by atoms with van der Waals surface area (Å²) in [4.78, 5) is 4.18. The topological polar surface area (TPSA) is 33.1 Å². The van der Waals surface area contributed by atoms with Crippen LogP contribution in [0.4, 0.5) is 0 Å². The summed E-state index contributed by atoms with van der Waals surface area (Å²) in [6.45, 7) is 1.96. The Hall–Kier alpha value is -0.890. The van der Waals surface area contributed by atoms with Gasteiger partial charge in [-0.15, -0.1) is 0 Å². The molecule has 0 spiro atoms. The lowest BCUT2D eigenvalue weighted by Crippen LogP contribution is -2.20. The van der Waals surface area contributed by atoms with Gasteiger partial charge in [0.2, 0.25) is 0 Å². The van der Waals surface area contributed by atoms with Gasteiger partial charge in [0.15, 0.2) is 0 Å². The van der Waals surface area contributed by atoms with Gasteiger partial charge in [-0.1, -0.05) is 12.5 Å². The molecule has 1 aliphatic carbocycles. The van der Waals surface area contributed by atoms with Crippen molar-refractivity contribution in [3.63, 3.8) is 0 Å². The van der Waals surface area contributed by atoms with E-state index in [0.717, 1.165) is 24.1 Å². The molecule has 1 atom stereocenters. The lowest BCUT2D eigenvalue weighted by molar-refractivity contribution is 0.0618. The van der Waals surface area contributed by atoms with Gasteiger partial charge in [0, 0.05) is 11.9 Å². The van der Waals surface area contributed by atoms with Gasteiger partial charge < -0.3 is 5.11 Å². The van der Waals surface area contributed by atoms with Gasteiger partial charge in [-0.3, -0.25) is 4.98 Å². The Balaban J connectivity index is 2.10. The third-order valence-corrected chi connectivity index (χ3v) is 2.87. The molecule has 0 aromatic carbocycles. The fraction of sp³-hybridized carbons (Fsp3) is 0.545. The maximum absolute atomic E-state index is 9.89. The molecule has 13 heavy (non-hydrogen) atoms. The van der Waals surface area contributed by atoms with E-state index in [1.807, 2.05) is 19.1 Å². The van der Waals surface area contributed by atoms with Crippen molar-refractivity contribution >= 4 is 0 Å². The third-order valence-electron chi connectivity index (χ3n) is 2.87. The Bertz CT molecular complexity index is 277. The van der Waals surface area contributed by atoms with E-state index in [1.165, 1.54) is 6.42 Å².